The fraction of sp³-hybridized carbons (Fsp3) is 0.333. The summed E-state index contributed by atoms with van der Waals surface area (Å²) in [6.07, 6.45) is 1.27. The minimum atomic E-state index is -0.930. The molecule has 3 N–H and O–H groups in total. The lowest BCUT2D eigenvalue weighted by Gasteiger charge is -2.07. The fourth-order valence-electron chi connectivity index (χ4n) is 1.37. The van der Waals surface area contributed by atoms with Gasteiger partial charge >= 0.3 is 5.97 Å². The largest absolute Gasteiger partial charge is 0.480 e. The predicted molar refractivity (Wildman–Crippen MR) is 63.5 cm³/mol. The van der Waals surface area contributed by atoms with Gasteiger partial charge in [0.2, 0.25) is 0 Å². The monoisotopic (exact) mass is 220 g/mol. The minimum absolute atomic E-state index is 0.279. The van der Waals surface area contributed by atoms with E-state index < -0.39 is 12.0 Å². The van der Waals surface area contributed by atoms with Gasteiger partial charge in [0.05, 0.1) is 0 Å². The molecule has 1 unspecified atom stereocenters. The number of rotatable bonds is 5. The van der Waals surface area contributed by atoms with Gasteiger partial charge in [-0.1, -0.05) is 43.7 Å². The summed E-state index contributed by atoms with van der Waals surface area (Å²) in [5, 5.41) is 8.94. The van der Waals surface area contributed by atoms with Crippen molar-refractivity contribution >= 4 is 11.8 Å². The second-order valence-electron chi connectivity index (χ2n) is 3.52. The highest BCUT2D eigenvalue weighted by Gasteiger charge is 2.15. The second-order valence-corrected chi connectivity index (χ2v) is 3.52. The first-order chi connectivity index (χ1) is 7.65. The van der Waals surface area contributed by atoms with Crippen molar-refractivity contribution in [1.82, 2.24) is 0 Å². The molecule has 16 heavy (non-hydrogen) atoms. The molecule has 1 aromatic rings. The molecule has 0 aliphatic heterocycles. The van der Waals surface area contributed by atoms with Crippen molar-refractivity contribution in [3.8, 4) is 0 Å². The van der Waals surface area contributed by atoms with E-state index in [4.69, 9.17) is 10.8 Å². The van der Waals surface area contributed by atoms with Crippen molar-refractivity contribution in [3.05, 3.63) is 35.9 Å². The van der Waals surface area contributed by atoms with Crippen molar-refractivity contribution in [3.63, 3.8) is 0 Å². The summed E-state index contributed by atoms with van der Waals surface area (Å²) in [7, 11) is 0. The highest BCUT2D eigenvalue weighted by atomic mass is 16.4. The Hall–Kier alpha value is -1.84. The molecule has 86 valence electrons. The Bertz CT molecular complexity index is 374. The molecule has 0 fully saturated rings. The topological polar surface area (TPSA) is 75.7 Å². The number of carboxylic acid groups (broad SMARTS) is 1. The molecule has 0 heterocycles. The number of amidine groups is 1. The van der Waals surface area contributed by atoms with Crippen LogP contribution in [0.15, 0.2) is 35.3 Å². The Morgan fingerprint density at radius 3 is 2.56 bits per heavy atom. The first-order valence-electron chi connectivity index (χ1n) is 5.26. The van der Waals surface area contributed by atoms with Crippen LogP contribution < -0.4 is 5.73 Å². The molecule has 0 aliphatic rings. The number of carboxylic acids is 1. The Kier molecular flexibility index (Phi) is 4.51. The van der Waals surface area contributed by atoms with E-state index in [0.717, 1.165) is 12.0 Å². The number of aliphatic carboxylic acids is 1. The number of nitrogens with two attached hydrogens (primary N) is 1. The lowest BCUT2D eigenvalue weighted by Crippen LogP contribution is -2.23. The number of nitrogens with zero attached hydrogens (tertiary/aromatic N) is 1. The van der Waals surface area contributed by atoms with Crippen LogP contribution in [0.3, 0.4) is 0 Å². The van der Waals surface area contributed by atoms with Gasteiger partial charge in [0.1, 0.15) is 11.9 Å². The van der Waals surface area contributed by atoms with E-state index in [1.807, 2.05) is 37.3 Å². The molecule has 0 radical (unpaired) electrons. The van der Waals surface area contributed by atoms with Crippen LogP contribution in [0.4, 0.5) is 0 Å². The summed E-state index contributed by atoms with van der Waals surface area (Å²) >= 11 is 0. The zero-order chi connectivity index (χ0) is 12.0. The fourth-order valence-corrected chi connectivity index (χ4v) is 1.37. The van der Waals surface area contributed by atoms with E-state index in [0.29, 0.717) is 6.42 Å². The maximum absolute atomic E-state index is 10.9. The summed E-state index contributed by atoms with van der Waals surface area (Å²) < 4.78 is 0. The Morgan fingerprint density at radius 2 is 2.06 bits per heavy atom. The summed E-state index contributed by atoms with van der Waals surface area (Å²) in [4.78, 5) is 14.9. The van der Waals surface area contributed by atoms with Gasteiger partial charge in [-0.15, -0.1) is 0 Å². The van der Waals surface area contributed by atoms with Gasteiger partial charge in [-0.3, -0.25) is 4.99 Å². The number of hydrogen-bond acceptors (Lipinski definition) is 2. The summed E-state index contributed by atoms with van der Waals surface area (Å²) in [6, 6.07) is 8.43. The van der Waals surface area contributed by atoms with Crippen molar-refractivity contribution in [2.75, 3.05) is 0 Å². The van der Waals surface area contributed by atoms with Crippen molar-refractivity contribution in [2.24, 2.45) is 10.7 Å². The summed E-state index contributed by atoms with van der Waals surface area (Å²) in [5.74, 6) is -0.651. The van der Waals surface area contributed by atoms with Crippen LogP contribution in [0.5, 0.6) is 0 Å². The smallest absolute Gasteiger partial charge is 0.328 e. The van der Waals surface area contributed by atoms with E-state index >= 15 is 0 Å². The first-order valence-corrected chi connectivity index (χ1v) is 5.26. The lowest BCUT2D eigenvalue weighted by molar-refractivity contribution is -0.138. The molecule has 0 amide bonds. The molecule has 0 aliphatic carbocycles. The Labute approximate surface area is 94.8 Å². The molecule has 0 saturated heterocycles. The third kappa shape index (κ3) is 3.38. The van der Waals surface area contributed by atoms with Crippen LogP contribution in [0.2, 0.25) is 0 Å². The van der Waals surface area contributed by atoms with Crippen LogP contribution in [0.1, 0.15) is 25.3 Å². The number of carbonyl (C=O) groups is 1. The average molecular weight is 220 g/mol. The van der Waals surface area contributed by atoms with E-state index in [9.17, 15) is 4.79 Å². The van der Waals surface area contributed by atoms with Crippen LogP contribution in [-0.4, -0.2) is 23.0 Å². The molecule has 4 heteroatoms. The molecular weight excluding hydrogens is 204 g/mol. The zero-order valence-electron chi connectivity index (χ0n) is 9.26. The summed E-state index contributed by atoms with van der Waals surface area (Å²) in [5.41, 5.74) is 6.51. The lowest BCUT2D eigenvalue weighted by atomic mass is 10.1. The third-order valence-electron chi connectivity index (χ3n) is 2.21. The van der Waals surface area contributed by atoms with E-state index in [1.54, 1.807) is 0 Å². The first kappa shape index (κ1) is 12.2. The molecular formula is C12H16N2O2. The molecule has 0 bridgehead atoms. The van der Waals surface area contributed by atoms with Crippen LogP contribution in [0, 0.1) is 0 Å². The second kappa shape index (κ2) is 5.90. The van der Waals surface area contributed by atoms with Gasteiger partial charge in [-0.2, -0.15) is 0 Å². The van der Waals surface area contributed by atoms with Gasteiger partial charge < -0.3 is 10.8 Å². The van der Waals surface area contributed by atoms with Crippen LogP contribution in [0.25, 0.3) is 0 Å². The van der Waals surface area contributed by atoms with Crippen LogP contribution >= 0.6 is 0 Å². The maximum atomic E-state index is 10.9. The normalized spacial score (nSPS) is 13.4. The number of benzene rings is 1. The van der Waals surface area contributed by atoms with Gasteiger partial charge in [0.25, 0.3) is 0 Å². The van der Waals surface area contributed by atoms with Gasteiger partial charge in [0.15, 0.2) is 0 Å². The number of aliphatic imine (C=N–C) groups is 1. The Morgan fingerprint density at radius 1 is 1.44 bits per heavy atom. The van der Waals surface area contributed by atoms with Crippen molar-refractivity contribution in [1.29, 1.82) is 0 Å². The SMILES string of the molecule is CCCC(N=C(N)c1ccccc1)C(=O)O. The molecule has 1 rings (SSSR count). The molecule has 1 atom stereocenters. The van der Waals surface area contributed by atoms with Crippen molar-refractivity contribution < 1.29 is 9.90 Å². The zero-order valence-corrected chi connectivity index (χ0v) is 9.26. The van der Waals surface area contributed by atoms with Gasteiger partial charge in [-0.05, 0) is 6.42 Å². The van der Waals surface area contributed by atoms with Gasteiger partial charge in [0, 0.05) is 5.56 Å². The Balaban J connectivity index is 2.85. The highest BCUT2D eigenvalue weighted by molar-refractivity contribution is 5.98. The van der Waals surface area contributed by atoms with E-state index in [1.165, 1.54) is 0 Å². The standard InChI is InChI=1S/C12H16N2O2/c1-2-6-10(12(15)16)14-11(13)9-7-4-3-5-8-9/h3-5,7-8,10H,2,6H2,1H3,(H2,13,14)(H,15,16). The van der Waals surface area contributed by atoms with E-state index in [2.05, 4.69) is 4.99 Å². The quantitative estimate of drug-likeness (QED) is 0.585. The third-order valence-corrected chi connectivity index (χ3v) is 2.21. The minimum Gasteiger partial charge on any atom is -0.480 e. The maximum Gasteiger partial charge on any atom is 0.328 e. The highest BCUT2D eigenvalue weighted by Crippen LogP contribution is 2.05. The summed E-state index contributed by atoms with van der Waals surface area (Å²) in [6.45, 7) is 1.92. The van der Waals surface area contributed by atoms with Gasteiger partial charge in [-0.25, -0.2) is 4.79 Å². The van der Waals surface area contributed by atoms with Crippen LogP contribution in [-0.2, 0) is 4.79 Å². The average Bonchev–Trinajstić information content (AvgIpc) is 2.29. The molecule has 1 aromatic carbocycles. The van der Waals surface area contributed by atoms with Crippen molar-refractivity contribution in [2.45, 2.75) is 25.8 Å². The predicted octanol–water partition coefficient (Wildman–Crippen LogP) is 1.65. The molecule has 4 nitrogen and oxygen atoms in total. The molecule has 0 aromatic heterocycles. The number of hydrogen-bond donors (Lipinski definition) is 2. The van der Waals surface area contributed by atoms with E-state index in [-0.39, 0.29) is 5.84 Å². The molecule has 0 spiro atoms. The molecule has 0 saturated carbocycles.